The van der Waals surface area contributed by atoms with Gasteiger partial charge in [0.15, 0.2) is 20.4 Å². The Morgan fingerprint density at radius 3 is 2.27 bits per heavy atom. The Hall–Kier alpha value is -0.803. The fraction of sp³-hybridized carbons (Fsp3) is 0.739. The van der Waals surface area contributed by atoms with Crippen molar-refractivity contribution >= 4 is 8.32 Å². The maximum absolute atomic E-state index is 6.83. The van der Waals surface area contributed by atoms with Crippen LogP contribution < -0.4 is 5.32 Å². The van der Waals surface area contributed by atoms with E-state index < -0.39 is 26.5 Å². The maximum Gasteiger partial charge on any atom is 0.192 e. The quantitative estimate of drug-likeness (QED) is 0.457. The van der Waals surface area contributed by atoms with E-state index in [1.807, 2.05) is 32.0 Å². The van der Waals surface area contributed by atoms with Crippen molar-refractivity contribution in [3.8, 4) is 0 Å². The normalized spacial score (nSPS) is 23.5. The van der Waals surface area contributed by atoms with E-state index >= 15 is 0 Å². The number of hydrogen-bond acceptors (Lipinski definition) is 6. The molecular formula is C23H41NO5Si. The first-order valence-corrected chi connectivity index (χ1v) is 13.6. The molecule has 0 amide bonds. The van der Waals surface area contributed by atoms with Gasteiger partial charge in [0, 0.05) is 20.8 Å². The van der Waals surface area contributed by atoms with Crippen LogP contribution in [-0.2, 0) is 29.9 Å². The van der Waals surface area contributed by atoms with Crippen molar-refractivity contribution in [1.82, 2.24) is 5.32 Å². The lowest BCUT2D eigenvalue weighted by Gasteiger charge is -2.48. The number of ether oxygens (including phenoxy) is 4. The standard InChI is InChI=1S/C23H41NO5Si/c1-22(2,3)30(8,9)29-20(21(25-6)26-7)19-18(16-27-23(4,5)28-19)24-15-17-13-11-10-12-14-17/h10-14,18-21,24H,15-16H2,1-9H3/t18-,19+,20+/m0/s1. The lowest BCUT2D eigenvalue weighted by molar-refractivity contribution is -0.313. The second kappa shape index (κ2) is 10.2. The molecule has 6 nitrogen and oxygen atoms in total. The number of methoxy groups -OCH3 is 2. The molecular weight excluding hydrogens is 398 g/mol. The smallest absolute Gasteiger partial charge is 0.192 e. The third-order valence-electron chi connectivity index (χ3n) is 6.13. The van der Waals surface area contributed by atoms with Gasteiger partial charge in [-0.1, -0.05) is 51.1 Å². The molecule has 0 bridgehead atoms. The molecule has 0 aliphatic carbocycles. The van der Waals surface area contributed by atoms with E-state index in [0.717, 1.165) is 0 Å². The Kier molecular flexibility index (Phi) is 8.66. The molecule has 0 saturated carbocycles. The summed E-state index contributed by atoms with van der Waals surface area (Å²) in [6.07, 6.45) is -1.23. The molecule has 1 aromatic carbocycles. The van der Waals surface area contributed by atoms with Crippen LogP contribution in [0.2, 0.25) is 18.1 Å². The van der Waals surface area contributed by atoms with E-state index in [1.165, 1.54) is 5.56 Å². The molecule has 1 heterocycles. The van der Waals surface area contributed by atoms with E-state index in [9.17, 15) is 0 Å². The average Bonchev–Trinajstić information content (AvgIpc) is 2.66. The summed E-state index contributed by atoms with van der Waals surface area (Å²) in [4.78, 5) is 0. The highest BCUT2D eigenvalue weighted by Gasteiger charge is 2.49. The summed E-state index contributed by atoms with van der Waals surface area (Å²) in [6, 6.07) is 10.2. The van der Waals surface area contributed by atoms with Crippen LogP contribution in [0.4, 0.5) is 0 Å². The number of rotatable bonds is 9. The predicted molar refractivity (Wildman–Crippen MR) is 122 cm³/mol. The van der Waals surface area contributed by atoms with Gasteiger partial charge >= 0.3 is 0 Å². The fourth-order valence-corrected chi connectivity index (χ4v) is 4.58. The van der Waals surface area contributed by atoms with Gasteiger partial charge in [-0.2, -0.15) is 0 Å². The van der Waals surface area contributed by atoms with Gasteiger partial charge < -0.3 is 28.7 Å². The lowest BCUT2D eigenvalue weighted by atomic mass is 10.0. The van der Waals surface area contributed by atoms with E-state index in [4.69, 9.17) is 23.4 Å². The van der Waals surface area contributed by atoms with Crippen molar-refractivity contribution in [2.24, 2.45) is 0 Å². The zero-order valence-corrected chi connectivity index (χ0v) is 21.2. The predicted octanol–water partition coefficient (Wildman–Crippen LogP) is 4.31. The van der Waals surface area contributed by atoms with E-state index in [2.05, 4.69) is 51.3 Å². The van der Waals surface area contributed by atoms with Gasteiger partial charge in [0.2, 0.25) is 0 Å². The minimum Gasteiger partial charge on any atom is -0.406 e. The first kappa shape index (κ1) is 25.5. The second-order valence-electron chi connectivity index (χ2n) is 9.95. The summed E-state index contributed by atoms with van der Waals surface area (Å²) >= 11 is 0. The van der Waals surface area contributed by atoms with Crippen molar-refractivity contribution < 1.29 is 23.4 Å². The monoisotopic (exact) mass is 439 g/mol. The second-order valence-corrected chi connectivity index (χ2v) is 14.7. The third-order valence-corrected chi connectivity index (χ3v) is 10.6. The van der Waals surface area contributed by atoms with Crippen molar-refractivity contribution in [1.29, 1.82) is 0 Å². The van der Waals surface area contributed by atoms with Gasteiger partial charge in [0.1, 0.15) is 12.2 Å². The summed E-state index contributed by atoms with van der Waals surface area (Å²) < 4.78 is 30.6. The van der Waals surface area contributed by atoms with Crippen molar-refractivity contribution in [2.45, 2.75) is 89.6 Å². The Labute approximate surface area is 183 Å². The molecule has 2 rings (SSSR count). The number of benzene rings is 1. The highest BCUT2D eigenvalue weighted by atomic mass is 28.4. The van der Waals surface area contributed by atoms with Crippen LogP contribution in [0.5, 0.6) is 0 Å². The topological polar surface area (TPSA) is 58.2 Å². The highest BCUT2D eigenvalue weighted by Crippen LogP contribution is 2.39. The SMILES string of the molecule is COC(OC)[C@H](O[Si](C)(C)C(C)(C)C)[C@@H]1OC(C)(C)OC[C@@H]1NCc1ccccc1. The Balaban J connectivity index is 2.30. The van der Waals surface area contributed by atoms with E-state index in [-0.39, 0.29) is 17.2 Å². The molecule has 1 N–H and O–H groups in total. The molecule has 1 aliphatic rings. The first-order chi connectivity index (χ1) is 13.9. The zero-order valence-electron chi connectivity index (χ0n) is 20.2. The van der Waals surface area contributed by atoms with Gasteiger partial charge in [-0.3, -0.25) is 0 Å². The minimum atomic E-state index is -2.12. The Morgan fingerprint density at radius 2 is 1.73 bits per heavy atom. The molecule has 1 saturated heterocycles. The summed E-state index contributed by atoms with van der Waals surface area (Å²) in [5, 5.41) is 3.65. The van der Waals surface area contributed by atoms with E-state index in [0.29, 0.717) is 13.2 Å². The summed E-state index contributed by atoms with van der Waals surface area (Å²) in [5.74, 6) is -0.712. The highest BCUT2D eigenvalue weighted by molar-refractivity contribution is 6.74. The molecule has 30 heavy (non-hydrogen) atoms. The summed E-state index contributed by atoms with van der Waals surface area (Å²) in [6.45, 7) is 16.3. The minimum absolute atomic E-state index is 0.0466. The molecule has 3 atom stereocenters. The Morgan fingerprint density at radius 1 is 1.13 bits per heavy atom. The van der Waals surface area contributed by atoms with Crippen LogP contribution in [0.15, 0.2) is 30.3 Å². The average molecular weight is 440 g/mol. The molecule has 7 heteroatoms. The number of hydrogen-bond donors (Lipinski definition) is 1. The van der Waals surface area contributed by atoms with Gasteiger partial charge in [-0.25, -0.2) is 0 Å². The maximum atomic E-state index is 6.83. The summed E-state index contributed by atoms with van der Waals surface area (Å²) in [5.41, 5.74) is 1.21. The molecule has 0 spiro atoms. The van der Waals surface area contributed by atoms with Crippen LogP contribution in [0.25, 0.3) is 0 Å². The van der Waals surface area contributed by atoms with Gasteiger partial charge in [0.05, 0.1) is 12.6 Å². The molecule has 0 unspecified atom stereocenters. The first-order valence-electron chi connectivity index (χ1n) is 10.7. The van der Waals surface area contributed by atoms with Gasteiger partial charge in [-0.05, 0) is 37.5 Å². The largest absolute Gasteiger partial charge is 0.406 e. The molecule has 0 radical (unpaired) electrons. The van der Waals surface area contributed by atoms with E-state index in [1.54, 1.807) is 14.2 Å². The zero-order chi connectivity index (χ0) is 22.6. The molecule has 1 aliphatic heterocycles. The lowest BCUT2D eigenvalue weighted by Crippen LogP contribution is -2.63. The van der Waals surface area contributed by atoms with Gasteiger partial charge in [0.25, 0.3) is 0 Å². The van der Waals surface area contributed by atoms with Crippen molar-refractivity contribution in [3.63, 3.8) is 0 Å². The van der Waals surface area contributed by atoms with Crippen LogP contribution in [-0.4, -0.2) is 59.5 Å². The third kappa shape index (κ3) is 6.60. The molecule has 172 valence electrons. The van der Waals surface area contributed by atoms with Crippen LogP contribution in [0.3, 0.4) is 0 Å². The molecule has 0 aromatic heterocycles. The van der Waals surface area contributed by atoms with Crippen molar-refractivity contribution in [2.75, 3.05) is 20.8 Å². The van der Waals surface area contributed by atoms with Crippen LogP contribution in [0, 0.1) is 0 Å². The van der Waals surface area contributed by atoms with Gasteiger partial charge in [-0.15, -0.1) is 0 Å². The van der Waals surface area contributed by atoms with Crippen LogP contribution >= 0.6 is 0 Å². The molecule has 1 aromatic rings. The van der Waals surface area contributed by atoms with Crippen molar-refractivity contribution in [3.05, 3.63) is 35.9 Å². The summed E-state index contributed by atoms with van der Waals surface area (Å²) in [7, 11) is 1.17. The Bertz CT molecular complexity index is 643. The molecule has 1 fully saturated rings. The fourth-order valence-electron chi connectivity index (χ4n) is 3.30. The van der Waals surface area contributed by atoms with Crippen LogP contribution in [0.1, 0.15) is 40.2 Å². The number of nitrogens with one attached hydrogen (secondary N) is 1.